The Balaban J connectivity index is 0.000000283. The number of benzene rings is 5. The molecular formula is C34H26N2S2. The van der Waals surface area contributed by atoms with Crippen molar-refractivity contribution < 1.29 is 0 Å². The van der Waals surface area contributed by atoms with E-state index in [2.05, 4.69) is 137 Å². The Labute approximate surface area is 235 Å². The van der Waals surface area contributed by atoms with Gasteiger partial charge in [0.1, 0.15) is 0 Å². The largest absolute Gasteiger partial charge is 0.195 e. The molecule has 184 valence electrons. The molecule has 0 heterocycles. The van der Waals surface area contributed by atoms with E-state index >= 15 is 0 Å². The Morgan fingerprint density at radius 2 is 0.579 bits per heavy atom. The fourth-order valence-corrected chi connectivity index (χ4v) is 4.12. The topological polar surface area (TPSA) is 24.7 Å². The van der Waals surface area contributed by atoms with E-state index in [-0.39, 0.29) is 0 Å². The zero-order chi connectivity index (χ0) is 26.7. The molecule has 5 aromatic rings. The molecule has 0 fully saturated rings. The number of isothiocyanates is 2. The highest BCUT2D eigenvalue weighted by Crippen LogP contribution is 2.28. The molecule has 0 aromatic heterocycles. The van der Waals surface area contributed by atoms with Crippen LogP contribution in [0.3, 0.4) is 0 Å². The molecule has 5 aromatic carbocycles. The van der Waals surface area contributed by atoms with Crippen LogP contribution in [0.2, 0.25) is 0 Å². The average molecular weight is 527 g/mol. The van der Waals surface area contributed by atoms with Crippen LogP contribution in [0.15, 0.2) is 131 Å². The van der Waals surface area contributed by atoms with Gasteiger partial charge in [-0.05, 0) is 95.9 Å². The molecule has 0 atom stereocenters. The summed E-state index contributed by atoms with van der Waals surface area (Å²) in [5.41, 5.74) is 11.4. The van der Waals surface area contributed by atoms with E-state index in [1.54, 1.807) is 0 Å². The minimum atomic E-state index is 0.823. The van der Waals surface area contributed by atoms with Crippen molar-refractivity contribution in [3.05, 3.63) is 132 Å². The predicted octanol–water partition coefficient (Wildman–Crippen LogP) is 10.5. The fourth-order valence-electron chi connectivity index (χ4n) is 3.91. The lowest BCUT2D eigenvalue weighted by molar-refractivity contribution is 1.44. The number of thiocarbonyl (C=S) groups is 2. The number of aliphatic imine (C=N–C) groups is 2. The molecule has 0 aliphatic rings. The number of hydrogen-bond donors (Lipinski definition) is 0. The second-order valence-corrected chi connectivity index (χ2v) is 9.17. The van der Waals surface area contributed by atoms with E-state index in [4.69, 9.17) is 0 Å². The highest BCUT2D eigenvalue weighted by molar-refractivity contribution is 7.78. The molecule has 0 saturated heterocycles. The van der Waals surface area contributed by atoms with Gasteiger partial charge >= 0.3 is 0 Å². The zero-order valence-corrected chi connectivity index (χ0v) is 22.9. The van der Waals surface area contributed by atoms with E-state index in [1.165, 1.54) is 38.9 Å². The Morgan fingerprint density at radius 3 is 0.868 bits per heavy atom. The van der Waals surface area contributed by atoms with Gasteiger partial charge in [-0.15, -0.1) is 0 Å². The minimum absolute atomic E-state index is 0.823. The van der Waals surface area contributed by atoms with Gasteiger partial charge in [0.15, 0.2) is 0 Å². The minimum Gasteiger partial charge on any atom is -0.195 e. The molecule has 38 heavy (non-hydrogen) atoms. The van der Waals surface area contributed by atoms with Crippen molar-refractivity contribution in [2.75, 3.05) is 0 Å². The van der Waals surface area contributed by atoms with E-state index < -0.39 is 0 Å². The van der Waals surface area contributed by atoms with Gasteiger partial charge in [0, 0.05) is 0 Å². The third-order valence-corrected chi connectivity index (χ3v) is 6.25. The van der Waals surface area contributed by atoms with Gasteiger partial charge in [-0.3, -0.25) is 0 Å². The number of nitrogens with zero attached hydrogens (tertiary/aromatic N) is 2. The van der Waals surface area contributed by atoms with Crippen molar-refractivity contribution in [1.82, 2.24) is 0 Å². The monoisotopic (exact) mass is 526 g/mol. The lowest BCUT2D eigenvalue weighted by Crippen LogP contribution is -1.82. The smallest absolute Gasteiger partial charge is 0.0739 e. The van der Waals surface area contributed by atoms with Crippen LogP contribution >= 0.6 is 24.4 Å². The third-order valence-electron chi connectivity index (χ3n) is 6.07. The first kappa shape index (κ1) is 26.8. The Kier molecular flexibility index (Phi) is 9.37. The van der Waals surface area contributed by atoms with Crippen molar-refractivity contribution in [2.45, 2.75) is 13.8 Å². The highest BCUT2D eigenvalue weighted by atomic mass is 32.1. The van der Waals surface area contributed by atoms with Crippen LogP contribution in [0.4, 0.5) is 11.4 Å². The van der Waals surface area contributed by atoms with E-state index in [0.29, 0.717) is 0 Å². The summed E-state index contributed by atoms with van der Waals surface area (Å²) in [6.45, 7) is 4.14. The number of aryl methyl sites for hydroxylation is 2. The third kappa shape index (κ3) is 7.36. The van der Waals surface area contributed by atoms with Crippen LogP contribution in [-0.2, 0) is 0 Å². The van der Waals surface area contributed by atoms with Gasteiger partial charge in [-0.2, -0.15) is 9.98 Å². The fraction of sp³-hybridized carbons (Fsp3) is 0.0588. The van der Waals surface area contributed by atoms with Crippen LogP contribution in [0.1, 0.15) is 11.1 Å². The van der Waals surface area contributed by atoms with Crippen molar-refractivity contribution in [3.8, 4) is 33.4 Å². The van der Waals surface area contributed by atoms with Crippen LogP contribution in [-0.4, -0.2) is 10.3 Å². The second kappa shape index (κ2) is 13.3. The normalized spacial score (nSPS) is 9.84. The number of hydrogen-bond acceptors (Lipinski definition) is 4. The first-order valence-electron chi connectivity index (χ1n) is 12.2. The summed E-state index contributed by atoms with van der Waals surface area (Å²) in [5, 5.41) is 4.71. The van der Waals surface area contributed by atoms with Crippen molar-refractivity contribution in [3.63, 3.8) is 0 Å². The van der Waals surface area contributed by atoms with Gasteiger partial charge in [0.05, 0.1) is 21.7 Å². The SMILES string of the molecule is Cc1ccc(-c2ccc(-c3ccc(-c4ccc(N=C=S)cc4)cc3)cc2)cc1.Cc1ccc(N=C=S)cc1. The molecule has 0 bridgehead atoms. The molecule has 0 unspecified atom stereocenters. The lowest BCUT2D eigenvalue weighted by atomic mass is 9.98. The lowest BCUT2D eigenvalue weighted by Gasteiger charge is -2.07. The highest BCUT2D eigenvalue weighted by Gasteiger charge is 2.03. The van der Waals surface area contributed by atoms with Crippen LogP contribution < -0.4 is 0 Å². The number of rotatable bonds is 5. The standard InChI is InChI=1S/C26H19NS.C8H7NS/c1-19-2-4-20(5-3-19)21-6-8-22(9-7-21)23-10-12-24(13-11-23)25-14-16-26(17-15-25)27-18-28;1-7-2-4-8(5-3-7)9-6-10/h2-17H,1H3;2-5H,1H3. The molecular weight excluding hydrogens is 501 g/mol. The van der Waals surface area contributed by atoms with Crippen LogP contribution in [0.25, 0.3) is 33.4 Å². The predicted molar refractivity (Wildman–Crippen MR) is 168 cm³/mol. The summed E-state index contributed by atoms with van der Waals surface area (Å²) >= 11 is 9.10. The van der Waals surface area contributed by atoms with Gasteiger partial charge in [-0.1, -0.05) is 108 Å². The summed E-state index contributed by atoms with van der Waals surface area (Å²) < 4.78 is 0. The quantitative estimate of drug-likeness (QED) is 0.168. The maximum atomic E-state index is 4.65. The summed E-state index contributed by atoms with van der Waals surface area (Å²) in [6.07, 6.45) is 0. The molecule has 0 radical (unpaired) electrons. The molecule has 4 heteroatoms. The first-order valence-corrected chi connectivity index (χ1v) is 13.0. The first-order chi connectivity index (χ1) is 18.6. The van der Waals surface area contributed by atoms with Crippen molar-refractivity contribution in [2.24, 2.45) is 9.98 Å². The van der Waals surface area contributed by atoms with Gasteiger partial charge in [0.2, 0.25) is 0 Å². The van der Waals surface area contributed by atoms with Crippen LogP contribution in [0.5, 0.6) is 0 Å². The molecule has 0 aliphatic heterocycles. The van der Waals surface area contributed by atoms with Crippen molar-refractivity contribution in [1.29, 1.82) is 0 Å². The zero-order valence-electron chi connectivity index (χ0n) is 21.3. The van der Waals surface area contributed by atoms with Gasteiger partial charge < -0.3 is 0 Å². The van der Waals surface area contributed by atoms with Gasteiger partial charge in [-0.25, -0.2) is 0 Å². The van der Waals surface area contributed by atoms with E-state index in [9.17, 15) is 0 Å². The average Bonchev–Trinajstić information content (AvgIpc) is 2.96. The summed E-state index contributed by atoms with van der Waals surface area (Å²) in [5.74, 6) is 0. The van der Waals surface area contributed by atoms with Crippen LogP contribution in [0, 0.1) is 13.8 Å². The molecule has 5 rings (SSSR count). The molecule has 0 saturated carbocycles. The molecule has 0 N–H and O–H groups in total. The van der Waals surface area contributed by atoms with Crippen molar-refractivity contribution >= 4 is 46.1 Å². The summed E-state index contributed by atoms with van der Waals surface area (Å²) in [7, 11) is 0. The second-order valence-electron chi connectivity index (χ2n) is 8.81. The van der Waals surface area contributed by atoms with Gasteiger partial charge in [0.25, 0.3) is 0 Å². The molecule has 2 nitrogen and oxygen atoms in total. The van der Waals surface area contributed by atoms with E-state index in [0.717, 1.165) is 16.9 Å². The van der Waals surface area contributed by atoms with E-state index in [1.807, 2.05) is 43.3 Å². The Hall–Kier alpha value is -4.30. The Bertz CT molecular complexity index is 1570. The Morgan fingerprint density at radius 1 is 0.368 bits per heavy atom. The summed E-state index contributed by atoms with van der Waals surface area (Å²) in [6, 6.07) is 41.8. The molecule has 0 aliphatic carbocycles. The molecule has 0 amide bonds. The summed E-state index contributed by atoms with van der Waals surface area (Å²) in [4.78, 5) is 7.81. The maximum Gasteiger partial charge on any atom is 0.0739 e. The molecule has 0 spiro atoms. The maximum absolute atomic E-state index is 4.65.